The van der Waals surface area contributed by atoms with Gasteiger partial charge < -0.3 is 9.63 Å². The molecule has 18 heavy (non-hydrogen) atoms. The van der Waals surface area contributed by atoms with E-state index in [9.17, 15) is 5.11 Å². The second-order valence-corrected chi connectivity index (χ2v) is 5.02. The molecule has 1 aliphatic carbocycles. The highest BCUT2D eigenvalue weighted by Crippen LogP contribution is 2.44. The van der Waals surface area contributed by atoms with Crippen molar-refractivity contribution in [2.24, 2.45) is 0 Å². The van der Waals surface area contributed by atoms with E-state index in [2.05, 4.69) is 10.1 Å². The summed E-state index contributed by atoms with van der Waals surface area (Å²) in [4.78, 5) is 4.15. The Kier molecular flexibility index (Phi) is 2.84. The summed E-state index contributed by atoms with van der Waals surface area (Å²) in [6.07, 6.45) is 3.04. The van der Waals surface area contributed by atoms with Gasteiger partial charge in [0, 0.05) is 22.7 Å². The van der Waals surface area contributed by atoms with E-state index in [0.717, 1.165) is 35.4 Å². The molecule has 5 heteroatoms. The van der Waals surface area contributed by atoms with E-state index < -0.39 is 6.10 Å². The van der Waals surface area contributed by atoms with Gasteiger partial charge in [0.1, 0.15) is 17.0 Å². The highest BCUT2D eigenvalue weighted by atomic mass is 35.5. The molecule has 0 saturated heterocycles. The zero-order chi connectivity index (χ0) is 12.7. The van der Waals surface area contributed by atoms with Crippen LogP contribution in [0.15, 0.2) is 22.9 Å². The minimum atomic E-state index is -0.753. The first-order valence-corrected chi connectivity index (χ1v) is 6.30. The molecular weight excluding hydrogens is 252 g/mol. The predicted octanol–water partition coefficient (Wildman–Crippen LogP) is 2.99. The van der Waals surface area contributed by atoms with Crippen molar-refractivity contribution < 1.29 is 9.63 Å². The maximum Gasteiger partial charge on any atom is 0.145 e. The lowest BCUT2D eigenvalue weighted by atomic mass is 10.00. The van der Waals surface area contributed by atoms with E-state index in [0.29, 0.717) is 11.1 Å². The molecule has 1 fully saturated rings. The Morgan fingerprint density at radius 1 is 1.39 bits per heavy atom. The Balaban J connectivity index is 1.97. The molecule has 0 radical (unpaired) electrons. The molecule has 94 valence electrons. The molecule has 2 aromatic heterocycles. The maximum absolute atomic E-state index is 10.4. The van der Waals surface area contributed by atoms with Crippen LogP contribution in [0.1, 0.15) is 47.4 Å². The zero-order valence-corrected chi connectivity index (χ0v) is 10.7. The number of halogens is 1. The van der Waals surface area contributed by atoms with E-state index in [1.54, 1.807) is 18.3 Å². The van der Waals surface area contributed by atoms with Crippen molar-refractivity contribution in [3.05, 3.63) is 46.1 Å². The van der Waals surface area contributed by atoms with Gasteiger partial charge in [-0.15, -0.1) is 0 Å². The van der Waals surface area contributed by atoms with Gasteiger partial charge in [-0.05, 0) is 25.8 Å². The van der Waals surface area contributed by atoms with E-state index in [1.165, 1.54) is 0 Å². The lowest BCUT2D eigenvalue weighted by molar-refractivity contribution is 0.215. The summed E-state index contributed by atoms with van der Waals surface area (Å²) >= 11 is 5.81. The van der Waals surface area contributed by atoms with Crippen LogP contribution in [0.4, 0.5) is 0 Å². The molecule has 0 bridgehead atoms. The molecule has 0 aromatic carbocycles. The second kappa shape index (κ2) is 4.37. The third-order valence-corrected chi connectivity index (χ3v) is 3.47. The van der Waals surface area contributed by atoms with E-state index in [1.807, 2.05) is 6.92 Å². The minimum absolute atomic E-state index is 0.415. The molecule has 2 aromatic rings. The fourth-order valence-electron chi connectivity index (χ4n) is 2.12. The third-order valence-electron chi connectivity index (χ3n) is 3.26. The molecule has 2 heterocycles. The number of aromatic nitrogens is 2. The fraction of sp³-hybridized carbons (Fsp3) is 0.385. The monoisotopic (exact) mass is 264 g/mol. The van der Waals surface area contributed by atoms with Gasteiger partial charge in [-0.25, -0.2) is 4.98 Å². The summed E-state index contributed by atoms with van der Waals surface area (Å²) in [6.45, 7) is 1.83. The van der Waals surface area contributed by atoms with E-state index >= 15 is 0 Å². The molecule has 1 aliphatic rings. The summed E-state index contributed by atoms with van der Waals surface area (Å²) in [5.74, 6) is 1.22. The number of rotatable bonds is 3. The van der Waals surface area contributed by atoms with E-state index in [-0.39, 0.29) is 0 Å². The van der Waals surface area contributed by atoms with Crippen LogP contribution < -0.4 is 0 Å². The predicted molar refractivity (Wildman–Crippen MR) is 66.5 cm³/mol. The van der Waals surface area contributed by atoms with Crippen molar-refractivity contribution in [1.29, 1.82) is 0 Å². The van der Waals surface area contributed by atoms with Crippen LogP contribution in [0.2, 0.25) is 5.15 Å². The van der Waals surface area contributed by atoms with Crippen molar-refractivity contribution in [1.82, 2.24) is 10.1 Å². The minimum Gasteiger partial charge on any atom is -0.383 e. The topological polar surface area (TPSA) is 59.2 Å². The molecule has 0 spiro atoms. The number of aliphatic hydroxyl groups excluding tert-OH is 1. The third kappa shape index (κ3) is 2.02. The number of hydrogen-bond acceptors (Lipinski definition) is 4. The van der Waals surface area contributed by atoms with Crippen molar-refractivity contribution in [3.8, 4) is 0 Å². The molecule has 0 aliphatic heterocycles. The van der Waals surface area contributed by atoms with Gasteiger partial charge >= 0.3 is 0 Å². The molecule has 0 amide bonds. The van der Waals surface area contributed by atoms with Crippen molar-refractivity contribution in [2.45, 2.75) is 31.8 Å². The van der Waals surface area contributed by atoms with Crippen LogP contribution in [0.3, 0.4) is 0 Å². The maximum atomic E-state index is 10.4. The number of aryl methyl sites for hydroxylation is 1. The first kappa shape index (κ1) is 11.7. The average molecular weight is 265 g/mol. The van der Waals surface area contributed by atoms with Gasteiger partial charge in [0.2, 0.25) is 0 Å². The Labute approximate surface area is 110 Å². The Bertz CT molecular complexity index is 578. The summed E-state index contributed by atoms with van der Waals surface area (Å²) in [5.41, 5.74) is 2.20. The van der Waals surface area contributed by atoms with Gasteiger partial charge in [0.05, 0.1) is 6.20 Å². The number of aliphatic hydroxyl groups is 1. The van der Waals surface area contributed by atoms with Crippen molar-refractivity contribution >= 4 is 11.6 Å². The van der Waals surface area contributed by atoms with Gasteiger partial charge in [0.25, 0.3) is 0 Å². The molecular formula is C13H13ClN2O2. The lowest BCUT2D eigenvalue weighted by Crippen LogP contribution is -2.04. The normalized spacial score (nSPS) is 16.8. The van der Waals surface area contributed by atoms with Crippen molar-refractivity contribution in [3.63, 3.8) is 0 Å². The molecule has 4 nitrogen and oxygen atoms in total. The Morgan fingerprint density at radius 3 is 2.83 bits per heavy atom. The van der Waals surface area contributed by atoms with Crippen LogP contribution in [-0.2, 0) is 0 Å². The summed E-state index contributed by atoms with van der Waals surface area (Å²) in [5, 5.41) is 14.6. The average Bonchev–Trinajstić information content (AvgIpc) is 3.06. The molecule has 1 unspecified atom stereocenters. The molecule has 1 atom stereocenters. The SMILES string of the molecule is Cc1nc(Cl)ccc1C(O)c1cnoc1C1CC1. The zero-order valence-electron chi connectivity index (χ0n) is 9.93. The van der Waals surface area contributed by atoms with Gasteiger partial charge in [-0.2, -0.15) is 0 Å². The molecule has 1 saturated carbocycles. The van der Waals surface area contributed by atoms with Gasteiger partial charge in [-0.1, -0.05) is 22.8 Å². The quantitative estimate of drug-likeness (QED) is 0.866. The highest BCUT2D eigenvalue weighted by molar-refractivity contribution is 6.29. The highest BCUT2D eigenvalue weighted by Gasteiger charge is 2.33. The number of pyridine rings is 1. The van der Waals surface area contributed by atoms with Crippen LogP contribution in [0.25, 0.3) is 0 Å². The standard InChI is InChI=1S/C13H13ClN2O2/c1-7-9(4-5-11(14)16-7)12(17)10-6-15-18-13(10)8-2-3-8/h4-6,8,12,17H,2-3H2,1H3. The van der Waals surface area contributed by atoms with Crippen LogP contribution in [-0.4, -0.2) is 15.2 Å². The summed E-state index contributed by atoms with van der Waals surface area (Å²) < 4.78 is 5.24. The number of nitrogens with zero attached hydrogens (tertiary/aromatic N) is 2. The van der Waals surface area contributed by atoms with Crippen LogP contribution in [0.5, 0.6) is 0 Å². The van der Waals surface area contributed by atoms with Gasteiger partial charge in [-0.3, -0.25) is 0 Å². The summed E-state index contributed by atoms with van der Waals surface area (Å²) in [7, 11) is 0. The lowest BCUT2D eigenvalue weighted by Gasteiger charge is -2.12. The van der Waals surface area contributed by atoms with Crippen molar-refractivity contribution in [2.75, 3.05) is 0 Å². The first-order chi connectivity index (χ1) is 8.66. The summed E-state index contributed by atoms with van der Waals surface area (Å²) in [6, 6.07) is 3.47. The first-order valence-electron chi connectivity index (χ1n) is 5.92. The van der Waals surface area contributed by atoms with Crippen LogP contribution in [0, 0.1) is 6.92 Å². The Morgan fingerprint density at radius 2 is 2.17 bits per heavy atom. The smallest absolute Gasteiger partial charge is 0.145 e. The Hall–Kier alpha value is -1.39. The fourth-order valence-corrected chi connectivity index (χ4v) is 2.30. The van der Waals surface area contributed by atoms with Gasteiger partial charge in [0.15, 0.2) is 0 Å². The van der Waals surface area contributed by atoms with E-state index in [4.69, 9.17) is 16.1 Å². The number of hydrogen-bond donors (Lipinski definition) is 1. The second-order valence-electron chi connectivity index (χ2n) is 4.63. The molecule has 1 N–H and O–H groups in total. The largest absolute Gasteiger partial charge is 0.383 e. The van der Waals surface area contributed by atoms with Crippen LogP contribution >= 0.6 is 11.6 Å². The molecule has 3 rings (SSSR count).